The highest BCUT2D eigenvalue weighted by Gasteiger charge is 2.61. The highest BCUT2D eigenvalue weighted by atomic mass is 16.5. The van der Waals surface area contributed by atoms with E-state index in [1.165, 1.54) is 6.42 Å². The van der Waals surface area contributed by atoms with Crippen molar-refractivity contribution in [2.24, 2.45) is 5.92 Å². The van der Waals surface area contributed by atoms with E-state index in [4.69, 9.17) is 9.47 Å². The summed E-state index contributed by atoms with van der Waals surface area (Å²) in [5.74, 6) is 0.572. The maximum absolute atomic E-state index is 6.57. The van der Waals surface area contributed by atoms with Crippen molar-refractivity contribution < 1.29 is 9.47 Å². The van der Waals surface area contributed by atoms with Crippen LogP contribution in [0.25, 0.3) is 0 Å². The van der Waals surface area contributed by atoms with Crippen molar-refractivity contribution in [3.8, 4) is 0 Å². The van der Waals surface area contributed by atoms with E-state index in [1.807, 2.05) is 0 Å². The topological polar surface area (TPSA) is 31.4 Å². The maximum Gasteiger partial charge on any atom is 0.109 e. The number of rotatable bonds is 5. The van der Waals surface area contributed by atoms with Gasteiger partial charge in [0, 0.05) is 61.9 Å². The van der Waals surface area contributed by atoms with Crippen molar-refractivity contribution in [3.63, 3.8) is 0 Å². The van der Waals surface area contributed by atoms with Crippen molar-refractivity contribution in [1.29, 1.82) is 0 Å². The fourth-order valence-corrected chi connectivity index (χ4v) is 6.86. The minimum atomic E-state index is 0.0122. The van der Waals surface area contributed by atoms with Crippen LogP contribution in [0.1, 0.15) is 47.5 Å². The van der Waals surface area contributed by atoms with Gasteiger partial charge in [-0.2, -0.15) is 0 Å². The van der Waals surface area contributed by atoms with Crippen LogP contribution in [0.5, 0.6) is 0 Å². The van der Waals surface area contributed by atoms with Crippen molar-refractivity contribution in [3.05, 3.63) is 0 Å². The molecule has 0 amide bonds. The molecule has 2 spiro atoms. The van der Waals surface area contributed by atoms with Crippen LogP contribution in [0.4, 0.5) is 0 Å². The Hall–Kier alpha value is -0.240. The predicted octanol–water partition coefficient (Wildman–Crippen LogP) is 1.99. The molecule has 0 bridgehead atoms. The molecule has 6 heteroatoms. The van der Waals surface area contributed by atoms with Gasteiger partial charge < -0.3 is 19.3 Å². The van der Waals surface area contributed by atoms with E-state index in [1.54, 1.807) is 0 Å². The predicted molar refractivity (Wildman–Crippen MR) is 122 cm³/mol. The summed E-state index contributed by atoms with van der Waals surface area (Å²) >= 11 is 0. The van der Waals surface area contributed by atoms with E-state index in [9.17, 15) is 0 Å². The number of hydrogen-bond acceptors (Lipinski definition) is 6. The Balaban J connectivity index is 1.40. The maximum atomic E-state index is 6.57. The smallest absolute Gasteiger partial charge is 0.109 e. The van der Waals surface area contributed by atoms with E-state index in [2.05, 4.69) is 82.4 Å². The normalized spacial score (nSPS) is 34.3. The second-order valence-corrected chi connectivity index (χ2v) is 12.6. The Morgan fingerprint density at radius 2 is 1.43 bits per heavy atom. The fourth-order valence-electron chi connectivity index (χ4n) is 6.86. The van der Waals surface area contributed by atoms with Gasteiger partial charge in [0.15, 0.2) is 0 Å². The lowest BCUT2D eigenvalue weighted by molar-refractivity contribution is -0.169. The van der Waals surface area contributed by atoms with E-state index in [-0.39, 0.29) is 22.3 Å². The molecule has 1 unspecified atom stereocenters. The largest absolute Gasteiger partial charge is 0.371 e. The lowest BCUT2D eigenvalue weighted by Gasteiger charge is -2.59. The summed E-state index contributed by atoms with van der Waals surface area (Å²) in [5, 5.41) is 0. The zero-order valence-electron chi connectivity index (χ0n) is 21.0. The summed E-state index contributed by atoms with van der Waals surface area (Å²) in [4.78, 5) is 10.0. The number of ether oxygens (including phenoxy) is 2. The molecule has 0 N–H and O–H groups in total. The van der Waals surface area contributed by atoms with Gasteiger partial charge in [0.05, 0.1) is 6.61 Å². The standard InChI is InChI=1S/C24H46N4O2/c1-21(2,3)27-16-24(17-27)20(26(8)9)18(13-30-24)12-22(4,5)28-14-23(15-28)19(25(6)7)10-11-29-23/h18-20H,10-17H2,1-9H3/t18?,19-,20+/m1/s1. The van der Waals surface area contributed by atoms with Crippen molar-refractivity contribution in [2.75, 3.05) is 67.6 Å². The summed E-state index contributed by atoms with van der Waals surface area (Å²) in [5.41, 5.74) is 0.447. The Morgan fingerprint density at radius 1 is 0.833 bits per heavy atom. The molecule has 0 saturated carbocycles. The lowest BCUT2D eigenvalue weighted by Crippen LogP contribution is -2.74. The Labute approximate surface area is 184 Å². The minimum Gasteiger partial charge on any atom is -0.371 e. The van der Waals surface area contributed by atoms with Gasteiger partial charge >= 0.3 is 0 Å². The first-order chi connectivity index (χ1) is 13.8. The molecule has 0 aromatic rings. The van der Waals surface area contributed by atoms with Gasteiger partial charge in [-0.05, 0) is 75.7 Å². The zero-order chi connectivity index (χ0) is 22.1. The molecule has 0 aromatic carbocycles. The summed E-state index contributed by atoms with van der Waals surface area (Å²) in [6, 6.07) is 1.04. The Kier molecular flexibility index (Phi) is 5.65. The van der Waals surface area contributed by atoms with Crippen LogP contribution < -0.4 is 0 Å². The number of likely N-dealkylation sites (tertiary alicyclic amines) is 2. The minimum absolute atomic E-state index is 0.0122. The van der Waals surface area contributed by atoms with Gasteiger partial charge in [-0.3, -0.25) is 9.80 Å². The van der Waals surface area contributed by atoms with E-state index in [0.717, 1.165) is 45.8 Å². The SMILES string of the molecule is CN(C)[C@H]1C(CC(C)(C)N2CC3(C2)OCC[C@H]3N(C)C)COC12CN(C(C)(C)C)C2. The third kappa shape index (κ3) is 3.65. The molecule has 0 aromatic heterocycles. The van der Waals surface area contributed by atoms with E-state index in [0.29, 0.717) is 18.0 Å². The van der Waals surface area contributed by atoms with E-state index >= 15 is 0 Å². The Morgan fingerprint density at radius 3 is 1.97 bits per heavy atom. The summed E-state index contributed by atoms with van der Waals surface area (Å²) in [7, 11) is 8.89. The Bertz CT molecular complexity index is 630. The van der Waals surface area contributed by atoms with Crippen LogP contribution in [0.3, 0.4) is 0 Å². The second-order valence-electron chi connectivity index (χ2n) is 12.6. The molecule has 4 aliphatic rings. The van der Waals surface area contributed by atoms with Gasteiger partial charge in [0.2, 0.25) is 0 Å². The first kappa shape index (κ1) is 22.9. The average Bonchev–Trinajstić information content (AvgIpc) is 3.12. The van der Waals surface area contributed by atoms with Gasteiger partial charge in [0.25, 0.3) is 0 Å². The molecule has 30 heavy (non-hydrogen) atoms. The third-order valence-electron chi connectivity index (χ3n) is 8.54. The van der Waals surface area contributed by atoms with Crippen LogP contribution in [0.15, 0.2) is 0 Å². The number of likely N-dealkylation sites (N-methyl/N-ethyl adjacent to an activating group) is 2. The molecule has 0 radical (unpaired) electrons. The molecular formula is C24H46N4O2. The molecule has 3 atom stereocenters. The lowest BCUT2D eigenvalue weighted by atomic mass is 9.73. The highest BCUT2D eigenvalue weighted by molar-refractivity contribution is 5.16. The molecule has 4 rings (SSSR count). The van der Waals surface area contributed by atoms with Crippen LogP contribution in [-0.2, 0) is 9.47 Å². The van der Waals surface area contributed by atoms with Crippen LogP contribution in [-0.4, -0.2) is 122 Å². The summed E-state index contributed by atoms with van der Waals surface area (Å²) in [6.45, 7) is 17.8. The molecule has 4 aliphatic heterocycles. The molecule has 4 heterocycles. The zero-order valence-corrected chi connectivity index (χ0v) is 21.0. The van der Waals surface area contributed by atoms with Crippen molar-refractivity contribution in [2.45, 2.75) is 81.8 Å². The fraction of sp³-hybridized carbons (Fsp3) is 1.00. The van der Waals surface area contributed by atoms with Crippen molar-refractivity contribution in [1.82, 2.24) is 19.6 Å². The number of hydrogen-bond donors (Lipinski definition) is 0. The van der Waals surface area contributed by atoms with Crippen LogP contribution in [0.2, 0.25) is 0 Å². The first-order valence-corrected chi connectivity index (χ1v) is 11.9. The van der Waals surface area contributed by atoms with Gasteiger partial charge in [0.1, 0.15) is 11.2 Å². The quantitative estimate of drug-likeness (QED) is 0.674. The van der Waals surface area contributed by atoms with E-state index < -0.39 is 0 Å². The summed E-state index contributed by atoms with van der Waals surface area (Å²) in [6.07, 6.45) is 2.34. The molecule has 6 nitrogen and oxygen atoms in total. The van der Waals surface area contributed by atoms with Crippen LogP contribution >= 0.6 is 0 Å². The van der Waals surface area contributed by atoms with Gasteiger partial charge in [-0.1, -0.05) is 0 Å². The molecule has 4 fully saturated rings. The highest BCUT2D eigenvalue weighted by Crippen LogP contribution is 2.47. The average molecular weight is 423 g/mol. The van der Waals surface area contributed by atoms with Crippen LogP contribution in [0, 0.1) is 5.92 Å². The van der Waals surface area contributed by atoms with Gasteiger partial charge in [-0.25, -0.2) is 0 Å². The summed E-state index contributed by atoms with van der Waals surface area (Å²) < 4.78 is 12.9. The monoisotopic (exact) mass is 422 g/mol. The molecular weight excluding hydrogens is 376 g/mol. The molecule has 174 valence electrons. The van der Waals surface area contributed by atoms with Gasteiger partial charge in [-0.15, -0.1) is 0 Å². The second kappa shape index (κ2) is 7.39. The third-order valence-corrected chi connectivity index (χ3v) is 8.54. The number of nitrogens with zero attached hydrogens (tertiary/aromatic N) is 4. The van der Waals surface area contributed by atoms with Crippen molar-refractivity contribution >= 4 is 0 Å². The molecule has 4 saturated heterocycles. The first-order valence-electron chi connectivity index (χ1n) is 11.9. The molecule has 0 aliphatic carbocycles.